The fourth-order valence-electron chi connectivity index (χ4n) is 2.82. The third kappa shape index (κ3) is 1.68. The van der Waals surface area contributed by atoms with E-state index in [1.54, 1.807) is 0 Å². The summed E-state index contributed by atoms with van der Waals surface area (Å²) in [6, 6.07) is 18.8. The lowest BCUT2D eigenvalue weighted by molar-refractivity contribution is 0.437. The van der Waals surface area contributed by atoms with Crippen LogP contribution in [0.3, 0.4) is 0 Å². The van der Waals surface area contributed by atoms with Crippen molar-refractivity contribution in [2.24, 2.45) is 5.73 Å². The van der Waals surface area contributed by atoms with Crippen molar-refractivity contribution in [1.82, 2.24) is 0 Å². The highest BCUT2D eigenvalue weighted by Crippen LogP contribution is 2.41. The van der Waals surface area contributed by atoms with Gasteiger partial charge < -0.3 is 5.73 Å². The summed E-state index contributed by atoms with van der Waals surface area (Å²) in [7, 11) is 0. The van der Waals surface area contributed by atoms with Crippen LogP contribution in [0.1, 0.15) is 29.5 Å². The smallest absolute Gasteiger partial charge is 0.0491 e. The van der Waals surface area contributed by atoms with Gasteiger partial charge in [0.15, 0.2) is 0 Å². The van der Waals surface area contributed by atoms with Gasteiger partial charge >= 0.3 is 0 Å². The van der Waals surface area contributed by atoms with Crippen molar-refractivity contribution in [3.63, 3.8) is 0 Å². The number of fused-ring (bicyclic) bond motifs is 1. The fourth-order valence-corrected chi connectivity index (χ4v) is 2.82. The van der Waals surface area contributed by atoms with Gasteiger partial charge in [-0.1, -0.05) is 66.7 Å². The molecule has 0 saturated carbocycles. The Hall–Kier alpha value is -1.86. The van der Waals surface area contributed by atoms with E-state index in [4.69, 9.17) is 5.73 Å². The second-order valence-electron chi connectivity index (χ2n) is 5.12. The first-order valence-corrected chi connectivity index (χ1v) is 6.31. The molecule has 0 spiro atoms. The van der Waals surface area contributed by atoms with Crippen LogP contribution >= 0.6 is 0 Å². The summed E-state index contributed by atoms with van der Waals surface area (Å²) in [5.41, 5.74) is 9.99. The SMILES string of the molecule is CC1(N)c2ccccc2C=CC1c1ccccc1. The zero-order chi connectivity index (χ0) is 12.6. The molecule has 2 unspecified atom stereocenters. The molecule has 2 N–H and O–H groups in total. The topological polar surface area (TPSA) is 26.0 Å². The molecule has 2 aromatic carbocycles. The summed E-state index contributed by atoms with van der Waals surface area (Å²) >= 11 is 0. The van der Waals surface area contributed by atoms with Crippen LogP contribution in [-0.2, 0) is 5.54 Å². The zero-order valence-electron chi connectivity index (χ0n) is 10.5. The van der Waals surface area contributed by atoms with Crippen LogP contribution in [0.2, 0.25) is 0 Å². The molecular weight excluding hydrogens is 218 g/mol. The third-order valence-electron chi connectivity index (χ3n) is 3.81. The summed E-state index contributed by atoms with van der Waals surface area (Å²) in [5, 5.41) is 0. The second-order valence-corrected chi connectivity index (χ2v) is 5.12. The summed E-state index contributed by atoms with van der Waals surface area (Å²) < 4.78 is 0. The molecule has 0 heterocycles. The minimum atomic E-state index is -0.354. The van der Waals surface area contributed by atoms with Gasteiger partial charge in [-0.2, -0.15) is 0 Å². The number of benzene rings is 2. The first kappa shape index (κ1) is 11.2. The van der Waals surface area contributed by atoms with E-state index in [2.05, 4.69) is 67.6 Å². The lowest BCUT2D eigenvalue weighted by Crippen LogP contribution is -2.41. The van der Waals surface area contributed by atoms with Crippen LogP contribution in [0.5, 0.6) is 0 Å². The Morgan fingerprint density at radius 3 is 2.39 bits per heavy atom. The molecule has 0 amide bonds. The Kier molecular flexibility index (Phi) is 2.57. The van der Waals surface area contributed by atoms with E-state index in [0.29, 0.717) is 0 Å². The van der Waals surface area contributed by atoms with Crippen molar-refractivity contribution in [2.75, 3.05) is 0 Å². The summed E-state index contributed by atoms with van der Waals surface area (Å²) in [5.74, 6) is 0.230. The van der Waals surface area contributed by atoms with E-state index < -0.39 is 0 Å². The Morgan fingerprint density at radius 2 is 1.61 bits per heavy atom. The molecule has 3 rings (SSSR count). The molecule has 1 aliphatic rings. The van der Waals surface area contributed by atoms with E-state index >= 15 is 0 Å². The van der Waals surface area contributed by atoms with Crippen molar-refractivity contribution < 1.29 is 0 Å². The maximum absolute atomic E-state index is 6.61. The Morgan fingerprint density at radius 1 is 0.944 bits per heavy atom. The normalized spacial score (nSPS) is 25.8. The van der Waals surface area contributed by atoms with Crippen molar-refractivity contribution in [3.05, 3.63) is 77.4 Å². The van der Waals surface area contributed by atoms with Crippen LogP contribution in [0, 0.1) is 0 Å². The summed E-state index contributed by atoms with van der Waals surface area (Å²) in [6.07, 6.45) is 4.40. The molecule has 1 heteroatoms. The quantitative estimate of drug-likeness (QED) is 0.802. The predicted octanol–water partition coefficient (Wildman–Crippen LogP) is 3.67. The molecule has 2 aromatic rings. The first-order chi connectivity index (χ1) is 8.69. The first-order valence-electron chi connectivity index (χ1n) is 6.31. The average Bonchev–Trinajstić information content (AvgIpc) is 2.40. The average molecular weight is 235 g/mol. The van der Waals surface area contributed by atoms with Gasteiger partial charge in [0.05, 0.1) is 0 Å². The van der Waals surface area contributed by atoms with Crippen LogP contribution in [-0.4, -0.2) is 0 Å². The van der Waals surface area contributed by atoms with Crippen molar-refractivity contribution in [2.45, 2.75) is 18.4 Å². The van der Waals surface area contributed by atoms with Crippen LogP contribution in [0.15, 0.2) is 60.7 Å². The molecule has 0 radical (unpaired) electrons. The van der Waals surface area contributed by atoms with Crippen LogP contribution < -0.4 is 5.73 Å². The van der Waals surface area contributed by atoms with Gasteiger partial charge in [-0.15, -0.1) is 0 Å². The van der Waals surface area contributed by atoms with E-state index in [1.807, 2.05) is 6.07 Å². The molecule has 0 bridgehead atoms. The molecule has 0 aliphatic heterocycles. The Labute approximate surface area is 108 Å². The molecule has 2 atom stereocenters. The van der Waals surface area contributed by atoms with E-state index in [1.165, 1.54) is 16.7 Å². The van der Waals surface area contributed by atoms with Gasteiger partial charge in [0.25, 0.3) is 0 Å². The van der Waals surface area contributed by atoms with E-state index in [0.717, 1.165) is 0 Å². The second kappa shape index (κ2) is 4.11. The highest BCUT2D eigenvalue weighted by molar-refractivity contribution is 5.62. The Balaban J connectivity index is 2.12. The van der Waals surface area contributed by atoms with Gasteiger partial charge in [0.2, 0.25) is 0 Å². The molecule has 1 nitrogen and oxygen atoms in total. The molecule has 0 saturated heterocycles. The lowest BCUT2D eigenvalue weighted by Gasteiger charge is -2.37. The maximum Gasteiger partial charge on any atom is 0.0491 e. The highest BCUT2D eigenvalue weighted by atomic mass is 14.8. The van der Waals surface area contributed by atoms with Gasteiger partial charge in [-0.25, -0.2) is 0 Å². The van der Waals surface area contributed by atoms with Gasteiger partial charge in [-0.05, 0) is 23.6 Å². The largest absolute Gasteiger partial charge is 0.321 e. The van der Waals surface area contributed by atoms with E-state index in [9.17, 15) is 0 Å². The number of nitrogens with two attached hydrogens (primary N) is 1. The van der Waals surface area contributed by atoms with Crippen LogP contribution in [0.4, 0.5) is 0 Å². The zero-order valence-corrected chi connectivity index (χ0v) is 10.5. The monoisotopic (exact) mass is 235 g/mol. The Bertz CT molecular complexity index is 582. The standard InChI is InChI=1S/C17H17N/c1-17(18)15-10-6-5-9-14(15)11-12-16(17)13-7-3-2-4-8-13/h2-12,16H,18H2,1H3. The molecule has 90 valence electrons. The minimum absolute atomic E-state index is 0.230. The van der Waals surface area contributed by atoms with Crippen LogP contribution in [0.25, 0.3) is 6.08 Å². The number of rotatable bonds is 1. The van der Waals surface area contributed by atoms with Crippen molar-refractivity contribution in [1.29, 1.82) is 0 Å². The summed E-state index contributed by atoms with van der Waals surface area (Å²) in [6.45, 7) is 2.12. The van der Waals surface area contributed by atoms with Gasteiger partial charge in [0, 0.05) is 11.5 Å². The highest BCUT2D eigenvalue weighted by Gasteiger charge is 2.34. The van der Waals surface area contributed by atoms with Crippen molar-refractivity contribution in [3.8, 4) is 0 Å². The maximum atomic E-state index is 6.61. The summed E-state index contributed by atoms with van der Waals surface area (Å²) in [4.78, 5) is 0. The minimum Gasteiger partial charge on any atom is -0.321 e. The molecule has 0 aromatic heterocycles. The van der Waals surface area contributed by atoms with E-state index in [-0.39, 0.29) is 11.5 Å². The molecular formula is C17H17N. The number of hydrogen-bond donors (Lipinski definition) is 1. The number of hydrogen-bond acceptors (Lipinski definition) is 1. The predicted molar refractivity (Wildman–Crippen MR) is 76.2 cm³/mol. The van der Waals surface area contributed by atoms with Gasteiger partial charge in [0.1, 0.15) is 0 Å². The van der Waals surface area contributed by atoms with Crippen molar-refractivity contribution >= 4 is 6.08 Å². The fraction of sp³-hybridized carbons (Fsp3) is 0.176. The lowest BCUT2D eigenvalue weighted by atomic mass is 9.72. The van der Waals surface area contributed by atoms with Gasteiger partial charge in [-0.3, -0.25) is 0 Å². The molecule has 18 heavy (non-hydrogen) atoms. The molecule has 1 aliphatic carbocycles. The third-order valence-corrected chi connectivity index (χ3v) is 3.81. The molecule has 0 fully saturated rings.